The predicted molar refractivity (Wildman–Crippen MR) is 129 cm³/mol. The van der Waals surface area contributed by atoms with Crippen molar-refractivity contribution in [2.24, 2.45) is 46.8 Å². The summed E-state index contributed by atoms with van der Waals surface area (Å²) in [5.74, 6) is 4.97. The number of fused-ring (bicyclic) bond motifs is 8. The summed E-state index contributed by atoms with van der Waals surface area (Å²) in [7, 11) is 0. The third kappa shape index (κ3) is 3.40. The van der Waals surface area contributed by atoms with E-state index in [9.17, 15) is 9.90 Å². The van der Waals surface area contributed by atoms with Crippen LogP contribution in [0.5, 0.6) is 0 Å². The van der Waals surface area contributed by atoms with Gasteiger partial charge in [0, 0.05) is 32.5 Å². The lowest BCUT2D eigenvalue weighted by atomic mass is 9.56. The summed E-state index contributed by atoms with van der Waals surface area (Å²) in [4.78, 5) is 14.2. The number of ether oxygens (including phenoxy) is 1. The molecule has 0 bridgehead atoms. The number of carbonyl (C=O) groups is 1. The predicted octanol–water partition coefficient (Wildman–Crippen LogP) is 5.20. The Labute approximate surface area is 200 Å². The third-order valence-corrected chi connectivity index (χ3v) is 11.8. The maximum atomic E-state index is 11.9. The molecule has 4 heteroatoms. The summed E-state index contributed by atoms with van der Waals surface area (Å²) < 4.78 is 5.63. The minimum atomic E-state index is -0.531. The number of allylic oxidation sites excluding steroid dienone is 1. The monoisotopic (exact) mass is 455 g/mol. The molecule has 0 aromatic rings. The molecule has 6 rings (SSSR count). The maximum absolute atomic E-state index is 11.9. The largest absolute Gasteiger partial charge is 0.462 e. The minimum Gasteiger partial charge on any atom is -0.462 e. The molecule has 0 aromatic carbocycles. The number of esters is 1. The van der Waals surface area contributed by atoms with Crippen LogP contribution in [0.1, 0.15) is 85.5 Å². The molecule has 6 aliphatic rings. The fraction of sp³-hybridized carbons (Fsp3) is 0.897. The van der Waals surface area contributed by atoms with Crippen molar-refractivity contribution in [3.8, 4) is 0 Å². The van der Waals surface area contributed by atoms with Crippen LogP contribution in [-0.4, -0.2) is 46.8 Å². The highest BCUT2D eigenvalue weighted by molar-refractivity contribution is 5.66. The van der Waals surface area contributed by atoms with Gasteiger partial charge >= 0.3 is 5.97 Å². The van der Waals surface area contributed by atoms with Gasteiger partial charge in [-0.1, -0.05) is 25.5 Å². The van der Waals surface area contributed by atoms with Crippen molar-refractivity contribution in [2.75, 3.05) is 13.1 Å². The van der Waals surface area contributed by atoms with Gasteiger partial charge in [-0.05, 0) is 105 Å². The molecule has 4 aliphatic carbocycles. The molecule has 4 nitrogen and oxygen atoms in total. The number of hydrogen-bond acceptors (Lipinski definition) is 4. The van der Waals surface area contributed by atoms with E-state index in [0.717, 1.165) is 48.9 Å². The molecule has 0 amide bonds. The molecule has 11 atom stereocenters. The van der Waals surface area contributed by atoms with Crippen LogP contribution in [0.25, 0.3) is 0 Å². The van der Waals surface area contributed by atoms with E-state index in [1.165, 1.54) is 51.6 Å². The number of aliphatic hydroxyl groups is 1. The average Bonchev–Trinajstić information content (AvgIpc) is 3.14. The SMILES string of the molecule is CC(=O)OC1CC[C@@]2(C)C(=CCC3C4CCC5C(CN6CC(C)CCC6[C@]5(C)O)C4CC32)C1. The number of rotatable bonds is 1. The van der Waals surface area contributed by atoms with Crippen LogP contribution in [0.3, 0.4) is 0 Å². The van der Waals surface area contributed by atoms with Crippen LogP contribution < -0.4 is 0 Å². The lowest BCUT2D eigenvalue weighted by molar-refractivity contribution is -0.175. The van der Waals surface area contributed by atoms with Crippen LogP contribution in [0.15, 0.2) is 11.6 Å². The molecule has 2 saturated heterocycles. The van der Waals surface area contributed by atoms with Gasteiger partial charge in [0.2, 0.25) is 0 Å². The van der Waals surface area contributed by atoms with E-state index in [0.29, 0.717) is 17.9 Å². The van der Waals surface area contributed by atoms with Gasteiger partial charge in [-0.15, -0.1) is 0 Å². The van der Waals surface area contributed by atoms with Gasteiger partial charge in [-0.2, -0.15) is 0 Å². The Bertz CT molecular complexity index is 835. The van der Waals surface area contributed by atoms with E-state index >= 15 is 0 Å². The van der Waals surface area contributed by atoms with E-state index in [1.807, 2.05) is 0 Å². The average molecular weight is 456 g/mol. The summed E-state index contributed by atoms with van der Waals surface area (Å²) in [5, 5.41) is 11.9. The molecule has 1 N–H and O–H groups in total. The standard InChI is InChI=1S/C29H45NO3/c1-17-5-10-27-29(4,32)25-9-8-21-22-7-6-19-13-20(33-18(2)31)11-12-28(19,3)26(22)14-23(21)24(25)16-30(27)15-17/h6,17,20-27,32H,5,7-16H2,1-4H3/t17?,20?,21?,22?,23?,24?,25?,26?,27?,28-,29+/m0/s1. The summed E-state index contributed by atoms with van der Waals surface area (Å²) in [6.07, 6.45) is 13.3. The quantitative estimate of drug-likeness (QED) is 0.436. The second-order valence-corrected chi connectivity index (χ2v) is 13.4. The number of nitrogens with zero attached hydrogens (tertiary/aromatic N) is 1. The molecule has 2 aliphatic heterocycles. The molecule has 0 spiro atoms. The maximum Gasteiger partial charge on any atom is 0.302 e. The van der Waals surface area contributed by atoms with Gasteiger partial charge < -0.3 is 9.84 Å². The Morgan fingerprint density at radius 1 is 1.03 bits per heavy atom. The highest BCUT2D eigenvalue weighted by Crippen LogP contribution is 2.66. The normalized spacial score (nSPS) is 53.6. The highest BCUT2D eigenvalue weighted by atomic mass is 16.5. The summed E-state index contributed by atoms with van der Waals surface area (Å²) >= 11 is 0. The van der Waals surface area contributed by atoms with Crippen molar-refractivity contribution in [2.45, 2.75) is 103 Å². The Balaban J connectivity index is 1.25. The lowest BCUT2D eigenvalue weighted by Gasteiger charge is -2.59. The second kappa shape index (κ2) is 7.82. The molecule has 9 unspecified atom stereocenters. The second-order valence-electron chi connectivity index (χ2n) is 13.4. The van der Waals surface area contributed by atoms with Crippen LogP contribution in [0.2, 0.25) is 0 Å². The minimum absolute atomic E-state index is 0.0814. The summed E-state index contributed by atoms with van der Waals surface area (Å²) in [6, 6.07) is 0.373. The van der Waals surface area contributed by atoms with Crippen molar-refractivity contribution in [3.05, 3.63) is 11.6 Å². The van der Waals surface area contributed by atoms with Crippen molar-refractivity contribution in [3.63, 3.8) is 0 Å². The molecule has 184 valence electrons. The molecule has 3 saturated carbocycles. The number of piperidine rings is 2. The van der Waals surface area contributed by atoms with E-state index < -0.39 is 5.60 Å². The summed E-state index contributed by atoms with van der Waals surface area (Å²) in [5.41, 5.74) is 1.33. The first-order valence-electron chi connectivity index (χ1n) is 14.0. The van der Waals surface area contributed by atoms with Gasteiger partial charge in [0.15, 0.2) is 0 Å². The zero-order valence-corrected chi connectivity index (χ0v) is 21.3. The number of hydrogen-bond donors (Lipinski definition) is 1. The Hall–Kier alpha value is -0.870. The lowest BCUT2D eigenvalue weighted by Crippen LogP contribution is -2.67. The molecule has 2 heterocycles. The molecular formula is C29H45NO3. The van der Waals surface area contributed by atoms with Crippen molar-refractivity contribution in [1.82, 2.24) is 4.90 Å². The molecule has 33 heavy (non-hydrogen) atoms. The topological polar surface area (TPSA) is 49.8 Å². The van der Waals surface area contributed by atoms with Gasteiger partial charge in [-0.25, -0.2) is 0 Å². The van der Waals surface area contributed by atoms with E-state index in [-0.39, 0.29) is 17.5 Å². The highest BCUT2D eigenvalue weighted by Gasteiger charge is 2.62. The van der Waals surface area contributed by atoms with Crippen LogP contribution >= 0.6 is 0 Å². The van der Waals surface area contributed by atoms with Gasteiger partial charge in [-0.3, -0.25) is 9.69 Å². The first kappa shape index (κ1) is 22.6. The Kier molecular flexibility index (Phi) is 5.35. The molecular weight excluding hydrogens is 410 g/mol. The Morgan fingerprint density at radius 2 is 1.85 bits per heavy atom. The Morgan fingerprint density at radius 3 is 2.64 bits per heavy atom. The zero-order valence-electron chi connectivity index (χ0n) is 21.3. The molecule has 5 fully saturated rings. The third-order valence-electron chi connectivity index (χ3n) is 11.8. The number of carbonyl (C=O) groups excluding carboxylic acids is 1. The van der Waals surface area contributed by atoms with Crippen LogP contribution in [-0.2, 0) is 9.53 Å². The van der Waals surface area contributed by atoms with E-state index in [1.54, 1.807) is 12.5 Å². The van der Waals surface area contributed by atoms with Crippen molar-refractivity contribution < 1.29 is 14.6 Å². The van der Waals surface area contributed by atoms with Crippen LogP contribution in [0, 0.1) is 46.8 Å². The zero-order chi connectivity index (χ0) is 23.1. The van der Waals surface area contributed by atoms with E-state index in [4.69, 9.17) is 4.74 Å². The van der Waals surface area contributed by atoms with Crippen LogP contribution in [0.4, 0.5) is 0 Å². The first-order valence-corrected chi connectivity index (χ1v) is 14.0. The fourth-order valence-electron chi connectivity index (χ4n) is 10.3. The van der Waals surface area contributed by atoms with Crippen molar-refractivity contribution >= 4 is 5.97 Å². The fourth-order valence-corrected chi connectivity index (χ4v) is 10.3. The van der Waals surface area contributed by atoms with Crippen molar-refractivity contribution in [1.29, 1.82) is 0 Å². The molecule has 0 radical (unpaired) electrons. The van der Waals surface area contributed by atoms with E-state index in [2.05, 4.69) is 31.7 Å². The first-order chi connectivity index (χ1) is 15.7. The molecule has 0 aromatic heterocycles. The van der Waals surface area contributed by atoms with Gasteiger partial charge in [0.25, 0.3) is 0 Å². The summed E-state index contributed by atoms with van der Waals surface area (Å²) in [6.45, 7) is 11.1. The van der Waals surface area contributed by atoms with Gasteiger partial charge in [0.05, 0.1) is 5.60 Å². The smallest absolute Gasteiger partial charge is 0.302 e. The van der Waals surface area contributed by atoms with Gasteiger partial charge in [0.1, 0.15) is 6.10 Å².